The highest BCUT2D eigenvalue weighted by Gasteiger charge is 2.18. The maximum absolute atomic E-state index is 12.3. The molecule has 2 aromatic heterocycles. The molecule has 1 N–H and O–H groups in total. The molecule has 0 aliphatic heterocycles. The minimum atomic E-state index is -3.65. The minimum Gasteiger partial charge on any atom is -0.266 e. The van der Waals surface area contributed by atoms with Gasteiger partial charge in [0, 0.05) is 22.3 Å². The van der Waals surface area contributed by atoms with Crippen LogP contribution in [0.25, 0.3) is 0 Å². The van der Waals surface area contributed by atoms with E-state index in [0.29, 0.717) is 16.6 Å². The smallest absolute Gasteiger partial charge is 0.266 e. The van der Waals surface area contributed by atoms with E-state index >= 15 is 0 Å². The summed E-state index contributed by atoms with van der Waals surface area (Å²) < 4.78 is 29.5. The van der Waals surface area contributed by atoms with Crippen LogP contribution in [0.3, 0.4) is 0 Å². The lowest BCUT2D eigenvalue weighted by molar-refractivity contribution is 0.602. The highest BCUT2D eigenvalue weighted by Crippen LogP contribution is 2.27. The van der Waals surface area contributed by atoms with E-state index in [0.717, 1.165) is 20.7 Å². The van der Waals surface area contributed by atoms with E-state index < -0.39 is 10.0 Å². The van der Waals surface area contributed by atoms with E-state index in [-0.39, 0.29) is 10.0 Å². The van der Waals surface area contributed by atoms with Gasteiger partial charge in [-0.2, -0.15) is 5.10 Å². The number of anilines is 1. The first-order valence-electron chi connectivity index (χ1n) is 6.59. The summed E-state index contributed by atoms with van der Waals surface area (Å²) in [5.74, 6) is 0.240. The van der Waals surface area contributed by atoms with Crippen LogP contribution in [0.1, 0.15) is 5.56 Å². The number of nitrogens with one attached hydrogen (secondary N) is 1. The van der Waals surface area contributed by atoms with Crippen LogP contribution in [-0.2, 0) is 16.6 Å². The topological polar surface area (TPSA) is 64.0 Å². The van der Waals surface area contributed by atoms with E-state index in [1.165, 1.54) is 6.07 Å². The predicted molar refractivity (Wildman–Crippen MR) is 101 cm³/mol. The second-order valence-corrected chi connectivity index (χ2v) is 10.0. The predicted octanol–water partition coefficient (Wildman–Crippen LogP) is 4.86. The molecule has 0 saturated heterocycles. The van der Waals surface area contributed by atoms with Gasteiger partial charge < -0.3 is 0 Å². The van der Waals surface area contributed by atoms with Gasteiger partial charge in [-0.05, 0) is 45.8 Å². The summed E-state index contributed by atoms with van der Waals surface area (Å²) >= 11 is 16.4. The molecule has 3 rings (SSSR count). The Hall–Kier alpha value is -1.06. The molecule has 24 heavy (non-hydrogen) atoms. The van der Waals surface area contributed by atoms with Crippen molar-refractivity contribution >= 4 is 66.3 Å². The van der Waals surface area contributed by atoms with Gasteiger partial charge in [-0.1, -0.05) is 29.3 Å². The molecule has 3 aromatic rings. The highest BCUT2D eigenvalue weighted by molar-refractivity contribution is 9.11. The van der Waals surface area contributed by atoms with E-state index in [1.807, 2.05) is 0 Å². The molecular weight excluding hydrogens is 457 g/mol. The fourth-order valence-electron chi connectivity index (χ4n) is 1.96. The largest absolute Gasteiger partial charge is 0.272 e. The maximum Gasteiger partial charge on any atom is 0.272 e. The van der Waals surface area contributed by atoms with Crippen LogP contribution in [0.15, 0.2) is 50.6 Å². The first kappa shape index (κ1) is 17.8. The molecule has 0 unspecified atom stereocenters. The lowest BCUT2D eigenvalue weighted by Crippen LogP contribution is -2.12. The van der Waals surface area contributed by atoms with Crippen LogP contribution in [0.5, 0.6) is 0 Å². The van der Waals surface area contributed by atoms with Gasteiger partial charge in [0.05, 0.1) is 10.3 Å². The summed E-state index contributed by atoms with van der Waals surface area (Å²) in [4.78, 5) is 0. The molecule has 0 bridgehead atoms. The number of rotatable bonds is 5. The summed E-state index contributed by atoms with van der Waals surface area (Å²) in [5, 5.41) is 5.30. The third-order valence-corrected chi connectivity index (χ3v) is 7.10. The fourth-order valence-corrected chi connectivity index (χ4v) is 5.43. The molecule has 0 aliphatic carbocycles. The molecule has 0 amide bonds. The number of hydrogen-bond donors (Lipinski definition) is 1. The third kappa shape index (κ3) is 4.12. The zero-order chi connectivity index (χ0) is 17.3. The van der Waals surface area contributed by atoms with Gasteiger partial charge in [-0.15, -0.1) is 11.3 Å². The summed E-state index contributed by atoms with van der Waals surface area (Å²) in [5.41, 5.74) is 0.834. The van der Waals surface area contributed by atoms with Crippen molar-refractivity contribution in [3.05, 3.63) is 62.0 Å². The van der Waals surface area contributed by atoms with Gasteiger partial charge in [0.1, 0.15) is 4.21 Å². The minimum absolute atomic E-state index is 0.213. The van der Waals surface area contributed by atoms with Crippen molar-refractivity contribution in [2.24, 2.45) is 0 Å². The van der Waals surface area contributed by atoms with Crippen LogP contribution in [0, 0.1) is 0 Å². The molecule has 0 saturated carbocycles. The number of thiophene rings is 1. The molecule has 10 heteroatoms. The molecular formula is C14H10BrCl2N3O2S2. The summed E-state index contributed by atoms with van der Waals surface area (Å²) in [6.45, 7) is 0.405. The molecule has 0 spiro atoms. The number of aromatic nitrogens is 2. The Kier molecular flexibility index (Phi) is 5.22. The number of benzene rings is 1. The SMILES string of the molecule is O=S(=O)(Nc1ccn(Cc2ccc(Cl)cc2Cl)n1)c1ccc(Br)s1. The van der Waals surface area contributed by atoms with Crippen molar-refractivity contribution in [2.45, 2.75) is 10.8 Å². The van der Waals surface area contributed by atoms with Crippen molar-refractivity contribution in [2.75, 3.05) is 4.72 Å². The summed E-state index contributed by atoms with van der Waals surface area (Å²) in [6.07, 6.45) is 1.67. The first-order chi connectivity index (χ1) is 11.3. The molecule has 126 valence electrons. The first-order valence-corrected chi connectivity index (χ1v) is 10.4. The van der Waals surface area contributed by atoms with Gasteiger partial charge in [0.2, 0.25) is 0 Å². The Morgan fingerprint density at radius 2 is 2.00 bits per heavy atom. The van der Waals surface area contributed by atoms with Crippen LogP contribution in [0.4, 0.5) is 5.82 Å². The lowest BCUT2D eigenvalue weighted by atomic mass is 10.2. The monoisotopic (exact) mass is 465 g/mol. The highest BCUT2D eigenvalue weighted by atomic mass is 79.9. The molecule has 1 aromatic carbocycles. The Morgan fingerprint density at radius 3 is 2.67 bits per heavy atom. The molecule has 0 atom stereocenters. The van der Waals surface area contributed by atoms with Crippen LogP contribution < -0.4 is 4.72 Å². The lowest BCUT2D eigenvalue weighted by Gasteiger charge is -2.05. The van der Waals surface area contributed by atoms with E-state index in [1.54, 1.807) is 41.2 Å². The quantitative estimate of drug-likeness (QED) is 0.583. The average Bonchev–Trinajstić information content (AvgIpc) is 3.11. The van der Waals surface area contributed by atoms with E-state index in [2.05, 4.69) is 25.8 Å². The second-order valence-electron chi connectivity index (χ2n) is 4.80. The number of sulfonamides is 1. The molecule has 2 heterocycles. The fraction of sp³-hybridized carbons (Fsp3) is 0.0714. The standard InChI is InChI=1S/C14H10BrCl2N3O2S2/c15-12-3-4-14(23-12)24(21,22)19-13-5-6-20(18-13)8-9-1-2-10(16)7-11(9)17/h1-7H,8H2,(H,18,19). The van der Waals surface area contributed by atoms with Crippen molar-refractivity contribution in [1.82, 2.24) is 9.78 Å². The normalized spacial score (nSPS) is 11.6. The number of nitrogens with zero attached hydrogens (tertiary/aromatic N) is 2. The maximum atomic E-state index is 12.3. The van der Waals surface area contributed by atoms with Crippen molar-refractivity contribution < 1.29 is 8.42 Å². The third-order valence-electron chi connectivity index (χ3n) is 3.04. The van der Waals surface area contributed by atoms with Crippen LogP contribution >= 0.6 is 50.5 Å². The summed E-state index contributed by atoms with van der Waals surface area (Å²) in [7, 11) is -3.65. The van der Waals surface area contributed by atoms with E-state index in [9.17, 15) is 8.42 Å². The summed E-state index contributed by atoms with van der Waals surface area (Å²) in [6, 6.07) is 10.00. The van der Waals surface area contributed by atoms with Crippen LogP contribution in [0.2, 0.25) is 10.0 Å². The average molecular weight is 467 g/mol. The molecule has 5 nitrogen and oxygen atoms in total. The van der Waals surface area contributed by atoms with E-state index in [4.69, 9.17) is 23.2 Å². The van der Waals surface area contributed by atoms with Gasteiger partial charge >= 0.3 is 0 Å². The van der Waals surface area contributed by atoms with Gasteiger partial charge in [-0.25, -0.2) is 8.42 Å². The van der Waals surface area contributed by atoms with Crippen molar-refractivity contribution in [3.63, 3.8) is 0 Å². The van der Waals surface area contributed by atoms with Crippen molar-refractivity contribution in [3.8, 4) is 0 Å². The Bertz CT molecular complexity index is 986. The number of hydrogen-bond acceptors (Lipinski definition) is 4. The zero-order valence-corrected chi connectivity index (χ0v) is 16.6. The Labute approximate surface area is 161 Å². The van der Waals surface area contributed by atoms with Gasteiger partial charge in [0.15, 0.2) is 5.82 Å². The van der Waals surface area contributed by atoms with Gasteiger partial charge in [0.25, 0.3) is 10.0 Å². The van der Waals surface area contributed by atoms with Crippen molar-refractivity contribution in [1.29, 1.82) is 0 Å². The second kappa shape index (κ2) is 7.05. The zero-order valence-electron chi connectivity index (χ0n) is 11.9. The Balaban J connectivity index is 1.76. The molecule has 0 radical (unpaired) electrons. The Morgan fingerprint density at radius 1 is 1.21 bits per heavy atom. The number of halogens is 3. The molecule has 0 aliphatic rings. The van der Waals surface area contributed by atoms with Gasteiger partial charge in [-0.3, -0.25) is 9.40 Å². The molecule has 0 fully saturated rings. The van der Waals surface area contributed by atoms with Crippen LogP contribution in [-0.4, -0.2) is 18.2 Å².